The maximum Gasteiger partial charge on any atom is 0.338 e. The lowest BCUT2D eigenvalue weighted by molar-refractivity contribution is -0.116. The van der Waals surface area contributed by atoms with Gasteiger partial charge in [-0.1, -0.05) is 6.92 Å². The Morgan fingerprint density at radius 3 is 2.86 bits per heavy atom. The van der Waals surface area contributed by atoms with Crippen LogP contribution in [0.4, 0.5) is 5.00 Å². The van der Waals surface area contributed by atoms with E-state index in [0.29, 0.717) is 11.4 Å². The molecule has 2 N–H and O–H groups in total. The molecule has 0 radical (unpaired) electrons. The Kier molecular flexibility index (Phi) is 3.64. The monoisotopic (exact) mass is 213 g/mol. The molecule has 0 fully saturated rings. The second-order valence-electron chi connectivity index (χ2n) is 2.77. The van der Waals surface area contributed by atoms with Crippen LogP contribution in [-0.2, 0) is 4.79 Å². The first-order chi connectivity index (χ1) is 6.65. The van der Waals surface area contributed by atoms with Crippen molar-refractivity contribution in [1.29, 1.82) is 0 Å². The second-order valence-corrected chi connectivity index (χ2v) is 3.68. The van der Waals surface area contributed by atoms with Crippen LogP contribution < -0.4 is 5.32 Å². The number of carboxylic acid groups (broad SMARTS) is 1. The number of rotatable bonds is 4. The summed E-state index contributed by atoms with van der Waals surface area (Å²) in [6, 6.07) is 1.48. The maximum atomic E-state index is 11.2. The van der Waals surface area contributed by atoms with Crippen molar-refractivity contribution in [3.8, 4) is 0 Å². The molecule has 0 bridgehead atoms. The molecule has 1 aromatic heterocycles. The van der Waals surface area contributed by atoms with Gasteiger partial charge in [0.25, 0.3) is 0 Å². The lowest BCUT2D eigenvalue weighted by Gasteiger charge is -2.01. The predicted octanol–water partition coefficient (Wildman–Crippen LogP) is 2.18. The Morgan fingerprint density at radius 2 is 2.29 bits per heavy atom. The van der Waals surface area contributed by atoms with E-state index in [4.69, 9.17) is 5.11 Å². The molecule has 1 amide bonds. The minimum Gasteiger partial charge on any atom is -0.478 e. The molecule has 0 unspecified atom stereocenters. The Bertz CT molecular complexity index is 346. The molecule has 0 aliphatic heterocycles. The number of nitrogens with one attached hydrogen (secondary N) is 1. The van der Waals surface area contributed by atoms with Gasteiger partial charge >= 0.3 is 5.97 Å². The smallest absolute Gasteiger partial charge is 0.338 e. The summed E-state index contributed by atoms with van der Waals surface area (Å²) < 4.78 is 0. The van der Waals surface area contributed by atoms with Gasteiger partial charge < -0.3 is 10.4 Å². The molecule has 1 rings (SSSR count). The minimum absolute atomic E-state index is 0.141. The quantitative estimate of drug-likeness (QED) is 0.805. The van der Waals surface area contributed by atoms with Gasteiger partial charge in [-0.3, -0.25) is 4.79 Å². The van der Waals surface area contributed by atoms with Gasteiger partial charge in [-0.2, -0.15) is 0 Å². The Labute approximate surface area is 85.6 Å². The van der Waals surface area contributed by atoms with E-state index in [1.165, 1.54) is 17.4 Å². The highest BCUT2D eigenvalue weighted by Gasteiger charge is 2.12. The number of anilines is 1. The molecule has 0 saturated carbocycles. The zero-order chi connectivity index (χ0) is 10.6. The molecule has 0 spiro atoms. The molecule has 0 saturated heterocycles. The predicted molar refractivity (Wildman–Crippen MR) is 54.8 cm³/mol. The van der Waals surface area contributed by atoms with Crippen LogP contribution in [0.5, 0.6) is 0 Å². The molecule has 0 aliphatic rings. The topological polar surface area (TPSA) is 66.4 Å². The first-order valence-electron chi connectivity index (χ1n) is 4.25. The third kappa shape index (κ3) is 2.56. The number of hydrogen-bond donors (Lipinski definition) is 2. The third-order valence-corrected chi connectivity index (χ3v) is 2.46. The zero-order valence-corrected chi connectivity index (χ0v) is 8.56. The number of hydrogen-bond acceptors (Lipinski definition) is 3. The molecule has 1 heterocycles. The summed E-state index contributed by atoms with van der Waals surface area (Å²) in [5, 5.41) is 13.4. The number of amides is 1. The fourth-order valence-electron chi connectivity index (χ4n) is 0.991. The van der Waals surface area contributed by atoms with Gasteiger partial charge in [-0.25, -0.2) is 4.79 Å². The largest absolute Gasteiger partial charge is 0.478 e. The molecule has 14 heavy (non-hydrogen) atoms. The Hall–Kier alpha value is -1.36. The van der Waals surface area contributed by atoms with Crippen LogP contribution in [0.1, 0.15) is 30.1 Å². The second kappa shape index (κ2) is 4.76. The van der Waals surface area contributed by atoms with Gasteiger partial charge in [0.05, 0.1) is 5.56 Å². The van der Waals surface area contributed by atoms with E-state index in [1.807, 2.05) is 6.92 Å². The van der Waals surface area contributed by atoms with Crippen LogP contribution in [0, 0.1) is 0 Å². The molecule has 0 atom stereocenters. The van der Waals surface area contributed by atoms with Gasteiger partial charge in [0, 0.05) is 6.42 Å². The van der Waals surface area contributed by atoms with Crippen LogP contribution in [0.2, 0.25) is 0 Å². The van der Waals surface area contributed by atoms with Gasteiger partial charge in [-0.15, -0.1) is 11.3 Å². The number of thiophene rings is 1. The minimum atomic E-state index is -1.02. The summed E-state index contributed by atoms with van der Waals surface area (Å²) in [6.07, 6.45) is 1.16. The normalized spacial score (nSPS) is 9.79. The van der Waals surface area contributed by atoms with Crippen LogP contribution in [0.15, 0.2) is 11.4 Å². The summed E-state index contributed by atoms with van der Waals surface area (Å²) in [6.45, 7) is 1.89. The number of carbonyl (C=O) groups excluding carboxylic acids is 1. The molecular formula is C9H11NO3S. The first-order valence-corrected chi connectivity index (χ1v) is 5.13. The Morgan fingerprint density at radius 1 is 1.57 bits per heavy atom. The fourth-order valence-corrected chi connectivity index (χ4v) is 1.79. The summed E-state index contributed by atoms with van der Waals surface area (Å²) in [7, 11) is 0. The summed E-state index contributed by atoms with van der Waals surface area (Å²) >= 11 is 1.22. The molecule has 5 heteroatoms. The van der Waals surface area contributed by atoms with Gasteiger partial charge in [-0.05, 0) is 17.9 Å². The third-order valence-electron chi connectivity index (χ3n) is 1.63. The van der Waals surface area contributed by atoms with E-state index in [9.17, 15) is 9.59 Å². The average molecular weight is 213 g/mol. The van der Waals surface area contributed by atoms with Gasteiger partial charge in [0.2, 0.25) is 5.91 Å². The van der Waals surface area contributed by atoms with E-state index in [2.05, 4.69) is 5.32 Å². The number of aromatic carboxylic acids is 1. The molecule has 0 aromatic carbocycles. The van der Waals surface area contributed by atoms with Crippen molar-refractivity contribution in [2.45, 2.75) is 19.8 Å². The van der Waals surface area contributed by atoms with Crippen LogP contribution in [0.3, 0.4) is 0 Å². The highest BCUT2D eigenvalue weighted by atomic mass is 32.1. The van der Waals surface area contributed by atoms with Gasteiger partial charge in [0.15, 0.2) is 0 Å². The molecule has 0 aliphatic carbocycles. The van der Waals surface area contributed by atoms with Crippen molar-refractivity contribution >= 4 is 28.2 Å². The number of carboxylic acids is 1. The van der Waals surface area contributed by atoms with Crippen molar-refractivity contribution in [1.82, 2.24) is 0 Å². The lowest BCUT2D eigenvalue weighted by atomic mass is 10.3. The summed E-state index contributed by atoms with van der Waals surface area (Å²) in [5.41, 5.74) is 0.152. The zero-order valence-electron chi connectivity index (χ0n) is 7.74. The van der Waals surface area contributed by atoms with Gasteiger partial charge in [0.1, 0.15) is 5.00 Å². The van der Waals surface area contributed by atoms with Crippen LogP contribution >= 0.6 is 11.3 Å². The molecule has 4 nitrogen and oxygen atoms in total. The molecule has 76 valence electrons. The standard InChI is InChI=1S/C9H11NO3S/c1-2-3-7(11)10-8-6(9(12)13)4-5-14-8/h4-5H,2-3H2,1H3,(H,10,11)(H,12,13). The highest BCUT2D eigenvalue weighted by molar-refractivity contribution is 7.14. The summed E-state index contributed by atoms with van der Waals surface area (Å²) in [4.78, 5) is 21.9. The highest BCUT2D eigenvalue weighted by Crippen LogP contribution is 2.23. The average Bonchev–Trinajstić information content (AvgIpc) is 2.52. The van der Waals surface area contributed by atoms with Crippen molar-refractivity contribution < 1.29 is 14.7 Å². The van der Waals surface area contributed by atoms with Crippen molar-refractivity contribution in [3.63, 3.8) is 0 Å². The van der Waals surface area contributed by atoms with Crippen molar-refractivity contribution in [3.05, 3.63) is 17.0 Å². The molecule has 1 aromatic rings. The first kappa shape index (κ1) is 10.7. The SMILES string of the molecule is CCCC(=O)Nc1sccc1C(=O)O. The van der Waals surface area contributed by atoms with Crippen LogP contribution in [0.25, 0.3) is 0 Å². The van der Waals surface area contributed by atoms with Crippen LogP contribution in [-0.4, -0.2) is 17.0 Å². The van der Waals surface area contributed by atoms with E-state index in [1.54, 1.807) is 5.38 Å². The van der Waals surface area contributed by atoms with E-state index in [0.717, 1.165) is 6.42 Å². The number of carbonyl (C=O) groups is 2. The molecular weight excluding hydrogens is 202 g/mol. The summed E-state index contributed by atoms with van der Waals surface area (Å²) in [5.74, 6) is -1.16. The van der Waals surface area contributed by atoms with E-state index < -0.39 is 5.97 Å². The van der Waals surface area contributed by atoms with E-state index >= 15 is 0 Å². The van der Waals surface area contributed by atoms with E-state index in [-0.39, 0.29) is 11.5 Å². The van der Waals surface area contributed by atoms with Crippen molar-refractivity contribution in [2.75, 3.05) is 5.32 Å². The van der Waals surface area contributed by atoms with Crippen molar-refractivity contribution in [2.24, 2.45) is 0 Å². The maximum absolute atomic E-state index is 11.2. The fraction of sp³-hybridized carbons (Fsp3) is 0.333. The Balaban J connectivity index is 2.71. The lowest BCUT2D eigenvalue weighted by Crippen LogP contribution is -2.11.